The van der Waals surface area contributed by atoms with E-state index in [4.69, 9.17) is 16.2 Å². The van der Waals surface area contributed by atoms with E-state index in [9.17, 15) is 78.5 Å². The van der Waals surface area contributed by atoms with Crippen molar-refractivity contribution in [1.29, 1.82) is 0 Å². The van der Waals surface area contributed by atoms with Crippen LogP contribution in [0.25, 0.3) is 0 Å². The number of aliphatic carboxylic acids is 1. The summed E-state index contributed by atoms with van der Waals surface area (Å²) in [6.07, 6.45) is -5.62. The van der Waals surface area contributed by atoms with Crippen molar-refractivity contribution in [1.82, 2.24) is 47.3 Å². The molecule has 1 rings (SSSR count). The molecule has 356 valence electrons. The molecule has 1 aliphatic rings. The normalized spacial score (nSPS) is 23.8. The number of carbonyl (C=O) groups is 11. The van der Waals surface area contributed by atoms with Crippen molar-refractivity contribution in [3.05, 3.63) is 0 Å². The molecule has 1 saturated heterocycles. The topological polar surface area (TPSA) is 441 Å². The number of rotatable bonds is 22. The van der Waals surface area contributed by atoms with Crippen molar-refractivity contribution < 1.29 is 83.2 Å². The highest BCUT2D eigenvalue weighted by Crippen LogP contribution is 2.20. The summed E-state index contributed by atoms with van der Waals surface area (Å²) in [5.74, 6) is -12.0. The zero-order valence-corrected chi connectivity index (χ0v) is 34.7. The molecule has 63 heavy (non-hydrogen) atoms. The first kappa shape index (κ1) is 54.8. The first-order chi connectivity index (χ1) is 29.7. The number of nitrogens with zero attached hydrogens (tertiary/aromatic N) is 2. The van der Waals surface area contributed by atoms with Gasteiger partial charge in [0, 0.05) is 26.6 Å². The lowest BCUT2D eigenvalue weighted by Crippen LogP contribution is -2.62. The Hall–Kier alpha value is -6.23. The van der Waals surface area contributed by atoms with E-state index in [0.29, 0.717) is 5.06 Å². The fourth-order valence-electron chi connectivity index (χ4n) is 6.07. The molecule has 0 aliphatic carbocycles. The molecule has 0 aromatic rings. The summed E-state index contributed by atoms with van der Waals surface area (Å²) in [7, 11) is 0. The number of hydroxylamine groups is 4. The highest BCUT2D eigenvalue weighted by molar-refractivity contribution is 5.98. The van der Waals surface area contributed by atoms with Gasteiger partial charge in [0.25, 0.3) is 0 Å². The predicted molar refractivity (Wildman–Crippen MR) is 210 cm³/mol. The summed E-state index contributed by atoms with van der Waals surface area (Å²) in [6, 6.07) is -11.5. The van der Waals surface area contributed by atoms with Crippen LogP contribution in [0.3, 0.4) is 0 Å². The van der Waals surface area contributed by atoms with E-state index in [2.05, 4.69) is 26.6 Å². The van der Waals surface area contributed by atoms with E-state index in [1.54, 1.807) is 0 Å². The number of carbonyl (C=O) groups excluding carboxylic acids is 10. The number of urea groups is 1. The van der Waals surface area contributed by atoms with E-state index < -0.39 is 121 Å². The van der Waals surface area contributed by atoms with E-state index in [1.807, 2.05) is 10.6 Å². The van der Waals surface area contributed by atoms with Gasteiger partial charge in [0.05, 0.1) is 18.6 Å². The maximum atomic E-state index is 14.2. The van der Waals surface area contributed by atoms with Gasteiger partial charge in [-0.3, -0.25) is 48.8 Å². The maximum absolute atomic E-state index is 14.2. The summed E-state index contributed by atoms with van der Waals surface area (Å²) >= 11 is 0. The van der Waals surface area contributed by atoms with Gasteiger partial charge >= 0.3 is 18.0 Å². The SMILES string of the molecule is CC(=O)N(O)CCCC1NC(=O)C(CCCNC(N)=O)NC(=O)C(CCCN)NC(=O)C(CO)NC(=O)C(C(O)C(=O)O)NC(=O)C(C)C(C(CCCN(O)C=O)NC=O)OC1=O. The van der Waals surface area contributed by atoms with E-state index in [-0.39, 0.29) is 89.0 Å². The van der Waals surface area contributed by atoms with Crippen LogP contribution in [0.5, 0.6) is 0 Å². The summed E-state index contributed by atoms with van der Waals surface area (Å²) < 4.78 is 5.77. The lowest BCUT2D eigenvalue weighted by Gasteiger charge is -2.33. The molecule has 0 radical (unpaired) electrons. The number of ether oxygens (including phenoxy) is 1. The summed E-state index contributed by atoms with van der Waals surface area (Å²) in [5.41, 5.74) is 10.8. The van der Waals surface area contributed by atoms with Crippen molar-refractivity contribution in [3.63, 3.8) is 0 Å². The molecule has 9 atom stereocenters. The van der Waals surface area contributed by atoms with Crippen molar-refractivity contribution >= 4 is 66.2 Å². The molecule has 0 spiro atoms. The van der Waals surface area contributed by atoms with Gasteiger partial charge in [-0.1, -0.05) is 0 Å². The fraction of sp³-hybridized carbons (Fsp3) is 0.686. The van der Waals surface area contributed by atoms with Gasteiger partial charge in [-0.15, -0.1) is 0 Å². The van der Waals surface area contributed by atoms with Gasteiger partial charge in [-0.05, 0) is 64.8 Å². The maximum Gasteiger partial charge on any atom is 0.335 e. The first-order valence-electron chi connectivity index (χ1n) is 19.8. The van der Waals surface area contributed by atoms with Gasteiger partial charge in [0.2, 0.25) is 48.3 Å². The smallest absolute Gasteiger partial charge is 0.335 e. The first-order valence-corrected chi connectivity index (χ1v) is 19.8. The second-order valence-corrected chi connectivity index (χ2v) is 14.3. The van der Waals surface area contributed by atoms with Crippen LogP contribution < -0.4 is 48.7 Å². The van der Waals surface area contributed by atoms with E-state index in [0.717, 1.165) is 13.8 Å². The third-order valence-electron chi connectivity index (χ3n) is 9.58. The molecule has 1 aliphatic heterocycles. The Morgan fingerprint density at radius 2 is 1.37 bits per heavy atom. The fourth-order valence-corrected chi connectivity index (χ4v) is 6.07. The Balaban J connectivity index is 4.06. The van der Waals surface area contributed by atoms with Crippen LogP contribution in [0, 0.1) is 5.92 Å². The largest absolute Gasteiger partial charge is 0.479 e. The van der Waals surface area contributed by atoms with Crippen LogP contribution in [0.1, 0.15) is 65.2 Å². The van der Waals surface area contributed by atoms with Crippen molar-refractivity contribution in [2.24, 2.45) is 17.4 Å². The highest BCUT2D eigenvalue weighted by Gasteiger charge is 2.42. The van der Waals surface area contributed by atoms with Gasteiger partial charge in [0.15, 0.2) is 6.10 Å². The highest BCUT2D eigenvalue weighted by atomic mass is 16.5. The molecule has 10 amide bonds. The minimum absolute atomic E-state index is 0.00305. The Kier molecular flexibility index (Phi) is 24.7. The second-order valence-electron chi connectivity index (χ2n) is 14.3. The molecule has 1 fully saturated rings. The van der Waals surface area contributed by atoms with Gasteiger partial charge in [-0.25, -0.2) is 24.5 Å². The summed E-state index contributed by atoms with van der Waals surface area (Å²) in [4.78, 5) is 141. The molecule has 0 saturated carbocycles. The molecule has 28 heteroatoms. The van der Waals surface area contributed by atoms with Crippen molar-refractivity contribution in [2.45, 2.75) is 114 Å². The molecule has 0 bridgehead atoms. The number of aliphatic hydroxyl groups is 2. The van der Waals surface area contributed by atoms with E-state index >= 15 is 0 Å². The Morgan fingerprint density at radius 1 is 0.810 bits per heavy atom. The number of amides is 10. The Labute approximate surface area is 360 Å². The van der Waals surface area contributed by atoms with Crippen molar-refractivity contribution in [2.75, 3.05) is 32.8 Å². The minimum atomic E-state index is -2.71. The zero-order valence-electron chi connectivity index (χ0n) is 34.7. The quantitative estimate of drug-likeness (QED) is 0.0158. The lowest BCUT2D eigenvalue weighted by atomic mass is 9.92. The van der Waals surface area contributed by atoms with Crippen LogP contribution in [-0.4, -0.2) is 183 Å². The number of carboxylic acid groups (broad SMARTS) is 1. The second kappa shape index (κ2) is 28.4. The summed E-state index contributed by atoms with van der Waals surface area (Å²) in [5, 5.41) is 66.3. The number of cyclic esters (lactones) is 1. The van der Waals surface area contributed by atoms with Gasteiger partial charge < -0.3 is 68.7 Å². The molecule has 0 aromatic carbocycles. The third kappa shape index (κ3) is 19.1. The zero-order chi connectivity index (χ0) is 47.8. The number of esters is 1. The predicted octanol–water partition coefficient (Wildman–Crippen LogP) is -6.64. The average Bonchev–Trinajstić information content (AvgIpc) is 3.23. The number of primary amides is 1. The Bertz CT molecular complexity index is 1610. The summed E-state index contributed by atoms with van der Waals surface area (Å²) in [6.45, 7) is 0.138. The van der Waals surface area contributed by atoms with Crippen molar-refractivity contribution in [3.8, 4) is 0 Å². The molecule has 1 heterocycles. The van der Waals surface area contributed by atoms with Gasteiger partial charge in [0.1, 0.15) is 36.3 Å². The molecule has 28 nitrogen and oxygen atoms in total. The number of carboxylic acids is 1. The Morgan fingerprint density at radius 3 is 1.89 bits per heavy atom. The molecule has 9 unspecified atom stereocenters. The van der Waals surface area contributed by atoms with Crippen LogP contribution in [0.15, 0.2) is 0 Å². The standard InChI is InChI=1S/C35H59N11O17/c1-18-27(20(39-16-48)9-5-13-45(61)17-49)63-34(59)23(10-6-14-46(62)19(2)50)42-30(54)22(8-4-12-38-35(37)60)40-29(53)21(7-3-11-36)41-31(55)24(15-47)43-32(56)25(44-28(18)52)26(51)33(57)58/h16-18,20-27,47,51,61-62H,3-15,36H2,1-2H3,(H,39,48)(H,40,53)(H,41,55)(H,42,54)(H,43,56)(H,44,52)(H,57,58)(H3,37,38,60). The minimum Gasteiger partial charge on any atom is -0.479 e. The number of nitrogens with two attached hydrogens (primary N) is 2. The molecule has 16 N–H and O–H groups in total. The van der Waals surface area contributed by atoms with Crippen LogP contribution in [-0.2, 0) is 52.7 Å². The molecular weight excluding hydrogens is 846 g/mol. The molecule has 0 aromatic heterocycles. The average molecular weight is 906 g/mol. The number of nitrogens with one attached hydrogen (secondary N) is 7. The van der Waals surface area contributed by atoms with Crippen LogP contribution in [0.4, 0.5) is 4.79 Å². The van der Waals surface area contributed by atoms with Crippen LogP contribution >= 0.6 is 0 Å². The third-order valence-corrected chi connectivity index (χ3v) is 9.58. The van der Waals surface area contributed by atoms with E-state index in [1.165, 1.54) is 0 Å². The number of aliphatic hydroxyl groups excluding tert-OH is 2. The number of hydrogen-bond acceptors (Lipinski definition) is 17. The monoisotopic (exact) mass is 905 g/mol. The molecular formula is C35H59N11O17. The lowest BCUT2D eigenvalue weighted by molar-refractivity contribution is -0.163. The van der Waals surface area contributed by atoms with Gasteiger partial charge in [-0.2, -0.15) is 0 Å². The number of hydrogen-bond donors (Lipinski definition) is 14. The van der Waals surface area contributed by atoms with Crippen LogP contribution in [0.2, 0.25) is 0 Å².